The third-order valence-electron chi connectivity index (χ3n) is 9.42. The zero-order chi connectivity index (χ0) is 24.0. The van der Waals surface area contributed by atoms with Gasteiger partial charge < -0.3 is 0 Å². The Hall–Kier alpha value is -3.90. The monoisotopic (exact) mass is 460 g/mol. The molecule has 2 aliphatic rings. The van der Waals surface area contributed by atoms with Gasteiger partial charge in [-0.25, -0.2) is 0 Å². The molecule has 0 nitrogen and oxygen atoms in total. The largest absolute Gasteiger partial charge is 0.0616 e. The van der Waals surface area contributed by atoms with E-state index in [1.54, 1.807) is 16.7 Å². The van der Waals surface area contributed by atoms with Gasteiger partial charge in [-0.3, -0.25) is 0 Å². The number of hydrogen-bond acceptors (Lipinski definition) is 0. The van der Waals surface area contributed by atoms with Crippen molar-refractivity contribution in [2.45, 2.75) is 38.5 Å². The van der Waals surface area contributed by atoms with Gasteiger partial charge in [0.15, 0.2) is 0 Å². The minimum absolute atomic E-state index is 0.0848. The summed E-state index contributed by atoms with van der Waals surface area (Å²) < 4.78 is 0. The summed E-state index contributed by atoms with van der Waals surface area (Å²) in [7, 11) is 0. The highest BCUT2D eigenvalue weighted by Crippen LogP contribution is 2.53. The van der Waals surface area contributed by atoms with Crippen molar-refractivity contribution < 1.29 is 0 Å². The number of aryl methyl sites for hydroxylation is 1. The lowest BCUT2D eigenvalue weighted by Gasteiger charge is -2.29. The topological polar surface area (TPSA) is 0 Å². The molecule has 1 unspecified atom stereocenters. The number of fused-ring (bicyclic) bond motifs is 10. The molecular formula is C36H28. The molecule has 172 valence electrons. The maximum absolute atomic E-state index is 2.51. The van der Waals surface area contributed by atoms with Gasteiger partial charge in [-0.2, -0.15) is 0 Å². The molecule has 1 atom stereocenters. The van der Waals surface area contributed by atoms with Crippen LogP contribution >= 0.6 is 0 Å². The number of allylic oxidation sites excluding steroid dienone is 2. The van der Waals surface area contributed by atoms with Gasteiger partial charge in [-0.1, -0.05) is 110 Å². The second-order valence-corrected chi connectivity index (χ2v) is 11.1. The van der Waals surface area contributed by atoms with Crippen LogP contribution in [0.3, 0.4) is 0 Å². The molecule has 0 radical (unpaired) electrons. The molecule has 0 aromatic heterocycles. The van der Waals surface area contributed by atoms with Gasteiger partial charge in [0.2, 0.25) is 0 Å². The first-order chi connectivity index (χ1) is 17.6. The van der Waals surface area contributed by atoms with E-state index in [4.69, 9.17) is 0 Å². The standard InChI is InChI=1S/C36H28/c1-22-25-15-16-28-26-9-5-3-8-24(26)12-14-31(28)33(25)21-35(22)36(2)20-19-32-30-13-11-23-7-4-6-10-27(23)29(30)17-18-34(32)36/h3-18H,19-21H2,1-2H3. The molecular weight excluding hydrogens is 432 g/mol. The molecule has 6 aromatic rings. The van der Waals surface area contributed by atoms with Crippen LogP contribution in [0.4, 0.5) is 0 Å². The summed E-state index contributed by atoms with van der Waals surface area (Å²) >= 11 is 0. The van der Waals surface area contributed by atoms with E-state index in [0.717, 1.165) is 12.8 Å². The van der Waals surface area contributed by atoms with Crippen LogP contribution in [-0.2, 0) is 18.3 Å². The van der Waals surface area contributed by atoms with Crippen molar-refractivity contribution in [3.05, 3.63) is 125 Å². The lowest BCUT2D eigenvalue weighted by molar-refractivity contribution is 0.545. The summed E-state index contributed by atoms with van der Waals surface area (Å²) in [6.07, 6.45) is 3.40. The van der Waals surface area contributed by atoms with Crippen molar-refractivity contribution in [3.63, 3.8) is 0 Å². The molecule has 6 aromatic carbocycles. The molecule has 0 fully saturated rings. The molecule has 0 heteroatoms. The highest BCUT2D eigenvalue weighted by Gasteiger charge is 2.41. The average molecular weight is 461 g/mol. The predicted molar refractivity (Wildman–Crippen MR) is 155 cm³/mol. The minimum Gasteiger partial charge on any atom is -0.0616 e. The van der Waals surface area contributed by atoms with Crippen molar-refractivity contribution in [1.82, 2.24) is 0 Å². The molecule has 0 saturated carbocycles. The fourth-order valence-corrected chi connectivity index (χ4v) is 7.53. The maximum atomic E-state index is 2.51. The summed E-state index contributed by atoms with van der Waals surface area (Å²) in [4.78, 5) is 0. The summed E-state index contributed by atoms with van der Waals surface area (Å²) in [5.41, 5.74) is 9.28. The highest BCUT2D eigenvalue weighted by atomic mass is 14.4. The van der Waals surface area contributed by atoms with Crippen LogP contribution in [0.2, 0.25) is 0 Å². The van der Waals surface area contributed by atoms with Gasteiger partial charge in [-0.15, -0.1) is 0 Å². The Morgan fingerprint density at radius 2 is 1.14 bits per heavy atom. The van der Waals surface area contributed by atoms with Crippen LogP contribution in [0.15, 0.2) is 103 Å². The zero-order valence-corrected chi connectivity index (χ0v) is 20.9. The third-order valence-corrected chi connectivity index (χ3v) is 9.42. The summed E-state index contributed by atoms with van der Waals surface area (Å²) in [6, 6.07) is 36.5. The molecule has 0 N–H and O–H groups in total. The van der Waals surface area contributed by atoms with Gasteiger partial charge in [-0.05, 0) is 97.1 Å². The van der Waals surface area contributed by atoms with E-state index in [-0.39, 0.29) is 5.41 Å². The lowest BCUT2D eigenvalue weighted by atomic mass is 9.74. The van der Waals surface area contributed by atoms with Gasteiger partial charge >= 0.3 is 0 Å². The molecule has 2 aliphatic carbocycles. The van der Waals surface area contributed by atoms with Crippen LogP contribution in [0, 0.1) is 0 Å². The van der Waals surface area contributed by atoms with Crippen LogP contribution < -0.4 is 0 Å². The second kappa shape index (κ2) is 7.08. The molecule has 0 bridgehead atoms. The van der Waals surface area contributed by atoms with E-state index >= 15 is 0 Å². The van der Waals surface area contributed by atoms with Gasteiger partial charge in [0.25, 0.3) is 0 Å². The average Bonchev–Trinajstić information content (AvgIpc) is 3.46. The van der Waals surface area contributed by atoms with Crippen molar-refractivity contribution >= 4 is 48.7 Å². The normalized spacial score (nSPS) is 19.1. The first-order valence-electron chi connectivity index (χ1n) is 13.2. The Kier molecular flexibility index (Phi) is 3.99. The Bertz CT molecular complexity index is 1930. The summed E-state index contributed by atoms with van der Waals surface area (Å²) in [6.45, 7) is 4.87. The van der Waals surface area contributed by atoms with Crippen molar-refractivity contribution in [3.8, 4) is 0 Å². The lowest BCUT2D eigenvalue weighted by Crippen LogP contribution is -2.22. The third kappa shape index (κ3) is 2.54. The Balaban J connectivity index is 1.29. The minimum atomic E-state index is 0.0848. The van der Waals surface area contributed by atoms with Gasteiger partial charge in [0.05, 0.1) is 0 Å². The molecule has 8 rings (SSSR count). The van der Waals surface area contributed by atoms with Gasteiger partial charge in [0, 0.05) is 5.41 Å². The predicted octanol–water partition coefficient (Wildman–Crippen LogP) is 9.53. The van der Waals surface area contributed by atoms with Gasteiger partial charge in [0.1, 0.15) is 0 Å². The van der Waals surface area contributed by atoms with E-state index in [1.165, 1.54) is 66.2 Å². The molecule has 0 amide bonds. The van der Waals surface area contributed by atoms with Crippen molar-refractivity contribution in [1.29, 1.82) is 0 Å². The Morgan fingerprint density at radius 1 is 0.556 bits per heavy atom. The van der Waals surface area contributed by atoms with Crippen LogP contribution in [0.25, 0.3) is 48.7 Å². The number of hydrogen-bond donors (Lipinski definition) is 0. The quantitative estimate of drug-likeness (QED) is 0.214. The first-order valence-corrected chi connectivity index (χ1v) is 13.2. The van der Waals surface area contributed by atoms with Crippen LogP contribution in [-0.4, -0.2) is 0 Å². The fraction of sp³-hybridized carbons (Fsp3) is 0.167. The smallest absolute Gasteiger partial charge is 0.0149 e. The van der Waals surface area contributed by atoms with E-state index in [1.807, 2.05) is 0 Å². The highest BCUT2D eigenvalue weighted by molar-refractivity contribution is 6.11. The zero-order valence-electron chi connectivity index (χ0n) is 20.9. The summed E-state index contributed by atoms with van der Waals surface area (Å²) in [5.74, 6) is 0. The van der Waals surface area contributed by atoms with E-state index in [2.05, 4.69) is 111 Å². The summed E-state index contributed by atoms with van der Waals surface area (Å²) in [5, 5.41) is 11.0. The molecule has 0 aliphatic heterocycles. The molecule has 0 heterocycles. The van der Waals surface area contributed by atoms with E-state index in [9.17, 15) is 0 Å². The van der Waals surface area contributed by atoms with Crippen molar-refractivity contribution in [2.24, 2.45) is 0 Å². The first kappa shape index (κ1) is 20.3. The Morgan fingerprint density at radius 3 is 1.83 bits per heavy atom. The van der Waals surface area contributed by atoms with E-state index in [0.29, 0.717) is 0 Å². The maximum Gasteiger partial charge on any atom is 0.0149 e. The molecule has 0 saturated heterocycles. The molecule has 0 spiro atoms. The van der Waals surface area contributed by atoms with Crippen molar-refractivity contribution in [2.75, 3.05) is 0 Å². The van der Waals surface area contributed by atoms with Crippen LogP contribution in [0.1, 0.15) is 42.5 Å². The fourth-order valence-electron chi connectivity index (χ4n) is 7.53. The second-order valence-electron chi connectivity index (χ2n) is 11.1. The molecule has 36 heavy (non-hydrogen) atoms. The Labute approximate surface area is 211 Å². The van der Waals surface area contributed by atoms with E-state index < -0.39 is 0 Å². The number of rotatable bonds is 1. The number of benzene rings is 6. The van der Waals surface area contributed by atoms with Crippen LogP contribution in [0.5, 0.6) is 0 Å². The SMILES string of the molecule is CC1=C(C2(C)CCc3c2ccc2c3ccc3ccccc32)Cc2c1ccc1c2ccc2ccccc21.